The van der Waals surface area contributed by atoms with Crippen LogP contribution in [0.1, 0.15) is 61.3 Å². The Morgan fingerprint density at radius 2 is 1.17 bits per heavy atom. The molecule has 108 valence electrons. The Labute approximate surface area is 111 Å². The van der Waals surface area contributed by atoms with Crippen molar-refractivity contribution in [1.82, 2.24) is 0 Å². The lowest BCUT2D eigenvalue weighted by Gasteiger charge is -2.32. The van der Waals surface area contributed by atoms with E-state index in [9.17, 15) is 0 Å². The zero-order chi connectivity index (χ0) is 14.4. The molecule has 0 unspecified atom stereocenters. The first-order valence-electron chi connectivity index (χ1n) is 6.32. The first-order valence-corrected chi connectivity index (χ1v) is 6.32. The molecule has 0 aromatic carbocycles. The van der Waals surface area contributed by atoms with Gasteiger partial charge in [-0.2, -0.15) is 9.78 Å². The van der Waals surface area contributed by atoms with Crippen molar-refractivity contribution in [2.45, 2.75) is 78.3 Å². The summed E-state index contributed by atoms with van der Waals surface area (Å²) in [5, 5.41) is 0. The number of rotatable bonds is 7. The van der Waals surface area contributed by atoms with Crippen molar-refractivity contribution in [2.24, 2.45) is 0 Å². The number of hydrogen-bond acceptors (Lipinski definition) is 4. The van der Waals surface area contributed by atoms with Gasteiger partial charge in [0.2, 0.25) is 5.79 Å². The third kappa shape index (κ3) is 9.59. The second-order valence-electron chi connectivity index (χ2n) is 6.52. The van der Waals surface area contributed by atoms with E-state index in [0.717, 1.165) is 6.42 Å². The molecule has 0 saturated heterocycles. The predicted octanol–water partition coefficient (Wildman–Crippen LogP) is 4.16. The smallest absolute Gasteiger partial charge is 0.228 e. The molecule has 18 heavy (non-hydrogen) atoms. The molecule has 0 amide bonds. The molecule has 0 aromatic heterocycles. The molecule has 0 saturated carbocycles. The van der Waals surface area contributed by atoms with Gasteiger partial charge in [0.1, 0.15) is 0 Å². The highest BCUT2D eigenvalue weighted by molar-refractivity contribution is 4.72. The monoisotopic (exact) mass is 260 g/mol. The van der Waals surface area contributed by atoms with Gasteiger partial charge in [-0.05, 0) is 54.9 Å². The average Bonchev–Trinajstić information content (AvgIpc) is 2.19. The van der Waals surface area contributed by atoms with Crippen LogP contribution < -0.4 is 0 Å². The Balaban J connectivity index is 4.46. The van der Waals surface area contributed by atoms with E-state index in [1.165, 1.54) is 0 Å². The summed E-state index contributed by atoms with van der Waals surface area (Å²) in [6, 6.07) is 0. The van der Waals surface area contributed by atoms with Gasteiger partial charge in [-0.25, -0.2) is 9.78 Å². The van der Waals surface area contributed by atoms with Gasteiger partial charge in [-0.3, -0.25) is 0 Å². The summed E-state index contributed by atoms with van der Waals surface area (Å²) in [7, 11) is 0. The fourth-order valence-corrected chi connectivity index (χ4v) is 0.888. The van der Waals surface area contributed by atoms with Gasteiger partial charge in [-0.15, -0.1) is 6.58 Å². The van der Waals surface area contributed by atoms with E-state index in [1.54, 1.807) is 13.0 Å². The molecule has 0 atom stereocenters. The zero-order valence-corrected chi connectivity index (χ0v) is 12.8. The lowest BCUT2D eigenvalue weighted by atomic mass is 10.1. The minimum atomic E-state index is -0.950. The first-order chi connectivity index (χ1) is 7.97. The number of hydrogen-bond donors (Lipinski definition) is 0. The van der Waals surface area contributed by atoms with Crippen molar-refractivity contribution < 1.29 is 19.6 Å². The summed E-state index contributed by atoms with van der Waals surface area (Å²) in [6.45, 7) is 16.9. The minimum Gasteiger partial charge on any atom is -0.228 e. The molecule has 0 aliphatic carbocycles. The molecule has 0 aliphatic heterocycles. The van der Waals surface area contributed by atoms with Gasteiger partial charge >= 0.3 is 0 Å². The Hall–Kier alpha value is -0.420. The molecule has 0 radical (unpaired) electrons. The first kappa shape index (κ1) is 17.6. The van der Waals surface area contributed by atoms with Crippen molar-refractivity contribution >= 4 is 0 Å². The summed E-state index contributed by atoms with van der Waals surface area (Å²) in [4.78, 5) is 21.4. The van der Waals surface area contributed by atoms with Crippen molar-refractivity contribution in [3.05, 3.63) is 12.7 Å². The third-order valence-electron chi connectivity index (χ3n) is 1.74. The van der Waals surface area contributed by atoms with E-state index in [-0.39, 0.29) is 0 Å². The number of allylic oxidation sites excluding steroid dienone is 1. The van der Waals surface area contributed by atoms with Crippen LogP contribution in [0.3, 0.4) is 0 Å². The maximum absolute atomic E-state index is 5.40. The molecule has 0 fully saturated rings. The van der Waals surface area contributed by atoms with Gasteiger partial charge in [0.25, 0.3) is 0 Å². The standard InChI is InChI=1S/C14H28O4/c1-9-10-11-14(8,17-15-12(2,3)4)18-16-13(5,6)7/h9H,1,10-11H2,2-8H3. The predicted molar refractivity (Wildman–Crippen MR) is 71.7 cm³/mol. The van der Waals surface area contributed by atoms with E-state index in [1.807, 2.05) is 41.5 Å². The summed E-state index contributed by atoms with van der Waals surface area (Å²) < 4.78 is 0. The lowest BCUT2D eigenvalue weighted by Crippen LogP contribution is -2.38. The minimum absolute atomic E-state index is 0.402. The topological polar surface area (TPSA) is 36.9 Å². The molecule has 4 nitrogen and oxygen atoms in total. The molecule has 0 spiro atoms. The van der Waals surface area contributed by atoms with Crippen molar-refractivity contribution in [3.8, 4) is 0 Å². The summed E-state index contributed by atoms with van der Waals surface area (Å²) in [5.41, 5.74) is -0.805. The summed E-state index contributed by atoms with van der Waals surface area (Å²) in [6.07, 6.45) is 3.15. The Morgan fingerprint density at radius 1 is 0.778 bits per heavy atom. The Bertz CT molecular complexity index is 230. The lowest BCUT2D eigenvalue weighted by molar-refractivity contribution is -0.537. The maximum atomic E-state index is 5.40. The zero-order valence-electron chi connectivity index (χ0n) is 12.8. The van der Waals surface area contributed by atoms with Gasteiger partial charge in [0.05, 0.1) is 11.2 Å². The van der Waals surface area contributed by atoms with E-state index < -0.39 is 17.0 Å². The largest absolute Gasteiger partial charge is 0.231 e. The average molecular weight is 260 g/mol. The van der Waals surface area contributed by atoms with Gasteiger partial charge < -0.3 is 0 Å². The Kier molecular flexibility index (Phi) is 6.51. The molecule has 0 bridgehead atoms. The third-order valence-corrected chi connectivity index (χ3v) is 1.74. The quantitative estimate of drug-likeness (QED) is 0.298. The highest BCUT2D eigenvalue weighted by atomic mass is 17.3. The molecule has 0 aromatic rings. The van der Waals surface area contributed by atoms with Crippen LogP contribution in [0, 0.1) is 0 Å². The molecule has 0 rings (SSSR count). The van der Waals surface area contributed by atoms with Gasteiger partial charge in [0, 0.05) is 6.42 Å². The van der Waals surface area contributed by atoms with E-state index in [0.29, 0.717) is 6.42 Å². The van der Waals surface area contributed by atoms with Crippen LogP contribution >= 0.6 is 0 Å². The van der Waals surface area contributed by atoms with E-state index in [2.05, 4.69) is 6.58 Å². The van der Waals surface area contributed by atoms with Gasteiger partial charge in [-0.1, -0.05) is 6.08 Å². The fourth-order valence-electron chi connectivity index (χ4n) is 0.888. The summed E-state index contributed by atoms with van der Waals surface area (Å²) >= 11 is 0. The molecular formula is C14H28O4. The second kappa shape index (κ2) is 6.66. The molecule has 4 heteroatoms. The van der Waals surface area contributed by atoms with Crippen LogP contribution in [0.5, 0.6) is 0 Å². The normalized spacial score (nSPS) is 13.7. The highest BCUT2D eigenvalue weighted by Gasteiger charge is 2.32. The second-order valence-corrected chi connectivity index (χ2v) is 6.52. The Morgan fingerprint density at radius 3 is 1.44 bits per heavy atom. The highest BCUT2D eigenvalue weighted by Crippen LogP contribution is 2.25. The van der Waals surface area contributed by atoms with Crippen LogP contribution in [0.2, 0.25) is 0 Å². The fraction of sp³-hybridized carbons (Fsp3) is 0.857. The molecule has 0 aliphatic rings. The SMILES string of the molecule is C=CCCC(C)(OOC(C)(C)C)OOC(C)(C)C. The van der Waals surface area contributed by atoms with Crippen LogP contribution in [-0.4, -0.2) is 17.0 Å². The molecular weight excluding hydrogens is 232 g/mol. The maximum Gasteiger partial charge on any atom is 0.231 e. The van der Waals surface area contributed by atoms with Crippen LogP contribution in [0.15, 0.2) is 12.7 Å². The van der Waals surface area contributed by atoms with E-state index >= 15 is 0 Å². The van der Waals surface area contributed by atoms with Crippen molar-refractivity contribution in [1.29, 1.82) is 0 Å². The van der Waals surface area contributed by atoms with Crippen LogP contribution in [0.4, 0.5) is 0 Å². The molecule has 0 N–H and O–H groups in total. The van der Waals surface area contributed by atoms with Crippen LogP contribution in [-0.2, 0) is 19.6 Å². The van der Waals surface area contributed by atoms with E-state index in [4.69, 9.17) is 19.6 Å². The van der Waals surface area contributed by atoms with Crippen LogP contribution in [0.25, 0.3) is 0 Å². The van der Waals surface area contributed by atoms with Crippen molar-refractivity contribution in [2.75, 3.05) is 0 Å². The van der Waals surface area contributed by atoms with Gasteiger partial charge in [0.15, 0.2) is 0 Å². The van der Waals surface area contributed by atoms with Crippen molar-refractivity contribution in [3.63, 3.8) is 0 Å². The summed E-state index contributed by atoms with van der Waals surface area (Å²) in [5.74, 6) is -0.950. The molecule has 0 heterocycles.